The van der Waals surface area contributed by atoms with Gasteiger partial charge in [0.15, 0.2) is 0 Å². The van der Waals surface area contributed by atoms with Gasteiger partial charge in [0.1, 0.15) is 13.1 Å². The van der Waals surface area contributed by atoms with E-state index in [9.17, 15) is 19.5 Å². The van der Waals surface area contributed by atoms with Crippen LogP contribution >= 0.6 is 0 Å². The largest absolute Gasteiger partial charge is 0.393 e. The van der Waals surface area contributed by atoms with Gasteiger partial charge in [-0.25, -0.2) is 4.79 Å². The number of benzene rings is 1. The smallest absolute Gasteiger partial charge is 0.325 e. The lowest BCUT2D eigenvalue weighted by atomic mass is 9.75. The highest BCUT2D eigenvalue weighted by Crippen LogP contribution is 2.38. The van der Waals surface area contributed by atoms with Crippen molar-refractivity contribution < 1.29 is 19.5 Å². The molecule has 8 heteroatoms. The van der Waals surface area contributed by atoms with Crippen LogP contribution in [0.4, 0.5) is 4.79 Å². The predicted molar refractivity (Wildman–Crippen MR) is 96.5 cm³/mol. The molecule has 1 aliphatic heterocycles. The number of carbonyl (C=O) groups excluding carboxylic acids is 3. The van der Waals surface area contributed by atoms with E-state index in [0.29, 0.717) is 12.8 Å². The van der Waals surface area contributed by atoms with Crippen LogP contribution < -0.4 is 10.6 Å². The number of carbonyl (C=O) groups is 3. The molecule has 1 aromatic carbocycles. The van der Waals surface area contributed by atoms with E-state index < -0.39 is 11.9 Å². The zero-order chi connectivity index (χ0) is 19.0. The third kappa shape index (κ3) is 3.61. The average Bonchev–Trinajstić information content (AvgIpc) is 2.94. The molecular formula is C19H20N4O4. The average molecular weight is 368 g/mol. The second kappa shape index (κ2) is 6.96. The highest BCUT2D eigenvalue weighted by molar-refractivity contribution is 6.03. The zero-order valence-electron chi connectivity index (χ0n) is 14.6. The lowest BCUT2D eigenvalue weighted by molar-refractivity contribution is -0.123. The normalized spacial score (nSPS) is 23.1. The summed E-state index contributed by atoms with van der Waals surface area (Å²) >= 11 is 0. The van der Waals surface area contributed by atoms with E-state index in [1.54, 1.807) is 6.20 Å². The first-order valence-electron chi connectivity index (χ1n) is 8.90. The number of nitrogens with one attached hydrogen (secondary N) is 2. The van der Waals surface area contributed by atoms with Crippen LogP contribution in [0.25, 0.3) is 10.9 Å². The van der Waals surface area contributed by atoms with Gasteiger partial charge in [-0.15, -0.1) is 0 Å². The number of hydrogen-bond acceptors (Lipinski definition) is 5. The van der Waals surface area contributed by atoms with Crippen LogP contribution in [0.3, 0.4) is 0 Å². The second-order valence-corrected chi connectivity index (χ2v) is 7.10. The maximum atomic E-state index is 12.5. The molecule has 1 aliphatic carbocycles. The molecule has 2 fully saturated rings. The Hall–Kier alpha value is -3.00. The minimum atomic E-state index is -0.557. The Labute approximate surface area is 155 Å². The van der Waals surface area contributed by atoms with Crippen molar-refractivity contribution in [1.29, 1.82) is 0 Å². The van der Waals surface area contributed by atoms with Gasteiger partial charge in [0.05, 0.1) is 17.7 Å². The summed E-state index contributed by atoms with van der Waals surface area (Å²) in [6, 6.07) is 8.85. The van der Waals surface area contributed by atoms with Crippen LogP contribution in [-0.2, 0) is 9.59 Å². The number of fused-ring (bicyclic) bond motifs is 1. The quantitative estimate of drug-likeness (QED) is 0.673. The number of para-hydroxylation sites is 1. The molecule has 4 amide bonds. The molecule has 1 atom stereocenters. The molecule has 1 unspecified atom stereocenters. The summed E-state index contributed by atoms with van der Waals surface area (Å²) in [5.74, 6) is -0.662. The van der Waals surface area contributed by atoms with E-state index in [1.165, 1.54) is 4.90 Å². The molecular weight excluding hydrogens is 348 g/mol. The summed E-state index contributed by atoms with van der Waals surface area (Å²) < 4.78 is 0. The van der Waals surface area contributed by atoms with Crippen molar-refractivity contribution in [2.75, 3.05) is 13.1 Å². The van der Waals surface area contributed by atoms with Gasteiger partial charge in [0.25, 0.3) is 0 Å². The molecule has 1 saturated carbocycles. The summed E-state index contributed by atoms with van der Waals surface area (Å²) in [5.41, 5.74) is 1.73. The fourth-order valence-electron chi connectivity index (χ4n) is 3.64. The minimum Gasteiger partial charge on any atom is -0.393 e. The summed E-state index contributed by atoms with van der Waals surface area (Å²) in [6.45, 7) is -0.305. The number of imide groups is 1. The topological polar surface area (TPSA) is 112 Å². The first-order valence-corrected chi connectivity index (χ1v) is 8.90. The van der Waals surface area contributed by atoms with Crippen LogP contribution in [0, 0.1) is 5.92 Å². The standard InChI is InChI=1S/C19H20N4O4/c24-14-6-12(7-14)18(13-5-11-3-1-2-4-15(11)20-8-13)21-16(25)9-23-10-17(26)22-19(23)27/h1-5,8,12,14,18,24H,6-7,9-10H2,(H,21,25)(H,22,26,27). The molecule has 1 aromatic heterocycles. The Balaban J connectivity index is 1.52. The Morgan fingerprint density at radius 3 is 2.81 bits per heavy atom. The van der Waals surface area contributed by atoms with Gasteiger partial charge in [0.2, 0.25) is 11.8 Å². The summed E-state index contributed by atoms with van der Waals surface area (Å²) in [7, 11) is 0. The lowest BCUT2D eigenvalue weighted by Crippen LogP contribution is -2.45. The van der Waals surface area contributed by atoms with Crippen LogP contribution in [0.2, 0.25) is 0 Å². The van der Waals surface area contributed by atoms with Gasteiger partial charge in [-0.1, -0.05) is 18.2 Å². The van der Waals surface area contributed by atoms with Gasteiger partial charge >= 0.3 is 6.03 Å². The Morgan fingerprint density at radius 1 is 1.33 bits per heavy atom. The number of nitrogens with zero attached hydrogens (tertiary/aromatic N) is 2. The van der Waals surface area contributed by atoms with E-state index in [-0.39, 0.29) is 37.1 Å². The Kier molecular flexibility index (Phi) is 4.49. The first-order chi connectivity index (χ1) is 13.0. The monoisotopic (exact) mass is 368 g/mol. The predicted octanol–water partition coefficient (Wildman–Crippen LogP) is 0.715. The van der Waals surface area contributed by atoms with E-state index in [4.69, 9.17) is 0 Å². The van der Waals surface area contributed by atoms with Crippen molar-refractivity contribution in [3.05, 3.63) is 42.1 Å². The SMILES string of the molecule is O=C1CN(CC(=O)NC(c2cnc3ccccc3c2)C2CC(O)C2)C(=O)N1. The third-order valence-electron chi connectivity index (χ3n) is 5.11. The van der Waals surface area contributed by atoms with Gasteiger partial charge in [-0.05, 0) is 36.5 Å². The maximum Gasteiger partial charge on any atom is 0.325 e. The molecule has 2 aromatic rings. The summed E-state index contributed by atoms with van der Waals surface area (Å²) in [6.07, 6.45) is 2.58. The fourth-order valence-corrected chi connectivity index (χ4v) is 3.64. The van der Waals surface area contributed by atoms with Crippen molar-refractivity contribution in [2.24, 2.45) is 5.92 Å². The van der Waals surface area contributed by atoms with E-state index in [1.807, 2.05) is 30.3 Å². The van der Waals surface area contributed by atoms with E-state index in [2.05, 4.69) is 15.6 Å². The molecule has 0 bridgehead atoms. The molecule has 3 N–H and O–H groups in total. The number of pyridine rings is 1. The van der Waals surface area contributed by atoms with Crippen LogP contribution in [0.5, 0.6) is 0 Å². The Morgan fingerprint density at radius 2 is 2.11 bits per heavy atom. The summed E-state index contributed by atoms with van der Waals surface area (Å²) in [4.78, 5) is 41.0. The van der Waals surface area contributed by atoms with Crippen LogP contribution in [-0.4, -0.2) is 52.0 Å². The minimum absolute atomic E-state index is 0.0981. The van der Waals surface area contributed by atoms with Crippen molar-refractivity contribution in [1.82, 2.24) is 20.5 Å². The van der Waals surface area contributed by atoms with Crippen molar-refractivity contribution >= 4 is 28.7 Å². The zero-order valence-corrected chi connectivity index (χ0v) is 14.6. The van der Waals surface area contributed by atoms with E-state index in [0.717, 1.165) is 16.5 Å². The van der Waals surface area contributed by atoms with E-state index >= 15 is 0 Å². The number of amides is 4. The number of aromatic nitrogens is 1. The highest BCUT2D eigenvalue weighted by Gasteiger charge is 2.37. The second-order valence-electron chi connectivity index (χ2n) is 7.10. The van der Waals surface area contributed by atoms with Crippen molar-refractivity contribution in [3.8, 4) is 0 Å². The third-order valence-corrected chi connectivity index (χ3v) is 5.11. The lowest BCUT2D eigenvalue weighted by Gasteiger charge is -2.38. The molecule has 1 saturated heterocycles. The van der Waals surface area contributed by atoms with Gasteiger partial charge in [-0.2, -0.15) is 0 Å². The van der Waals surface area contributed by atoms with Crippen LogP contribution in [0.1, 0.15) is 24.4 Å². The summed E-state index contributed by atoms with van der Waals surface area (Å²) in [5, 5.41) is 15.8. The molecule has 0 spiro atoms. The first kappa shape index (κ1) is 17.4. The molecule has 2 aliphatic rings. The molecule has 4 rings (SSSR count). The number of aliphatic hydroxyl groups excluding tert-OH is 1. The number of aliphatic hydroxyl groups is 1. The maximum absolute atomic E-state index is 12.5. The molecule has 27 heavy (non-hydrogen) atoms. The molecule has 2 heterocycles. The Bertz CT molecular complexity index is 909. The molecule has 8 nitrogen and oxygen atoms in total. The van der Waals surface area contributed by atoms with Crippen LogP contribution in [0.15, 0.2) is 36.5 Å². The number of hydrogen-bond donors (Lipinski definition) is 3. The fraction of sp³-hybridized carbons (Fsp3) is 0.368. The van der Waals surface area contributed by atoms with Gasteiger partial charge in [0, 0.05) is 11.6 Å². The van der Waals surface area contributed by atoms with Crippen molar-refractivity contribution in [3.63, 3.8) is 0 Å². The molecule has 140 valence electrons. The van der Waals surface area contributed by atoms with Gasteiger partial charge < -0.3 is 15.3 Å². The molecule has 0 radical (unpaired) electrons. The van der Waals surface area contributed by atoms with Gasteiger partial charge in [-0.3, -0.25) is 19.9 Å². The highest BCUT2D eigenvalue weighted by atomic mass is 16.3. The van der Waals surface area contributed by atoms with Crippen molar-refractivity contribution in [2.45, 2.75) is 25.0 Å². The number of rotatable bonds is 5. The number of urea groups is 1.